The van der Waals surface area contributed by atoms with E-state index in [-0.39, 0.29) is 29.4 Å². The third-order valence-electron chi connectivity index (χ3n) is 2.97. The van der Waals surface area contributed by atoms with Gasteiger partial charge in [-0.25, -0.2) is 9.98 Å². The third kappa shape index (κ3) is 5.65. The van der Waals surface area contributed by atoms with E-state index in [0.29, 0.717) is 12.5 Å². The number of anilines is 1. The Morgan fingerprint density at radius 3 is 2.65 bits per heavy atom. The fourth-order valence-electron chi connectivity index (χ4n) is 1.82. The van der Waals surface area contributed by atoms with Crippen molar-refractivity contribution in [1.82, 2.24) is 4.98 Å². The van der Waals surface area contributed by atoms with Gasteiger partial charge in [0.05, 0.1) is 30.0 Å². The molecule has 0 radical (unpaired) electrons. The molecule has 2 rings (SSSR count). The lowest BCUT2D eigenvalue weighted by Gasteiger charge is -2.13. The van der Waals surface area contributed by atoms with Crippen molar-refractivity contribution >= 4 is 47.0 Å². The second kappa shape index (κ2) is 8.49. The Balaban J connectivity index is 0.00000264. The highest BCUT2D eigenvalue weighted by Crippen LogP contribution is 2.26. The Morgan fingerprint density at radius 1 is 1.35 bits per heavy atom. The average molecular weight is 446 g/mol. The summed E-state index contributed by atoms with van der Waals surface area (Å²) in [6.07, 6.45) is 0. The van der Waals surface area contributed by atoms with Gasteiger partial charge in [0.25, 0.3) is 0 Å². The summed E-state index contributed by atoms with van der Waals surface area (Å²) in [4.78, 5) is 8.93. The number of hydrogen-bond donors (Lipinski definition) is 2. The molecule has 0 aliphatic carbocycles. The highest BCUT2D eigenvalue weighted by atomic mass is 127. The van der Waals surface area contributed by atoms with Crippen molar-refractivity contribution in [2.45, 2.75) is 32.7 Å². The number of aromatic nitrogens is 1. The zero-order chi connectivity index (χ0) is 16.2. The molecule has 2 aromatic rings. The van der Waals surface area contributed by atoms with Crippen molar-refractivity contribution in [3.05, 3.63) is 40.3 Å². The molecule has 1 aromatic carbocycles. The van der Waals surface area contributed by atoms with Gasteiger partial charge in [-0.15, -0.1) is 35.3 Å². The smallest absolute Gasteiger partial charge is 0.193 e. The maximum Gasteiger partial charge on any atom is 0.193 e. The molecule has 0 saturated carbocycles. The number of benzene rings is 1. The quantitative estimate of drug-likeness (QED) is 0.423. The summed E-state index contributed by atoms with van der Waals surface area (Å²) >= 11 is 1.66. The molecule has 126 valence electrons. The van der Waals surface area contributed by atoms with Crippen LogP contribution in [-0.2, 0) is 12.0 Å². The van der Waals surface area contributed by atoms with Crippen LogP contribution in [0.15, 0.2) is 34.6 Å². The van der Waals surface area contributed by atoms with E-state index in [1.165, 1.54) is 0 Å². The van der Waals surface area contributed by atoms with Gasteiger partial charge in [-0.2, -0.15) is 0 Å². The van der Waals surface area contributed by atoms with Crippen molar-refractivity contribution in [2.75, 3.05) is 12.4 Å². The molecule has 0 aliphatic heterocycles. The van der Waals surface area contributed by atoms with E-state index in [2.05, 4.69) is 36.1 Å². The molecule has 3 N–H and O–H groups in total. The summed E-state index contributed by atoms with van der Waals surface area (Å²) < 4.78 is 5.27. The van der Waals surface area contributed by atoms with Crippen LogP contribution in [0.25, 0.3) is 0 Å². The summed E-state index contributed by atoms with van der Waals surface area (Å²) in [6.45, 7) is 6.91. The minimum atomic E-state index is 0. The molecule has 7 heteroatoms. The number of para-hydroxylation sites is 2. The van der Waals surface area contributed by atoms with Crippen LogP contribution >= 0.6 is 35.3 Å². The maximum atomic E-state index is 5.93. The Morgan fingerprint density at radius 2 is 2.04 bits per heavy atom. The second-order valence-electron chi connectivity index (χ2n) is 5.92. The van der Waals surface area contributed by atoms with Gasteiger partial charge >= 0.3 is 0 Å². The van der Waals surface area contributed by atoms with Crippen LogP contribution in [0.1, 0.15) is 31.5 Å². The molecule has 23 heavy (non-hydrogen) atoms. The van der Waals surface area contributed by atoms with E-state index in [9.17, 15) is 0 Å². The lowest BCUT2D eigenvalue weighted by Crippen LogP contribution is -2.23. The van der Waals surface area contributed by atoms with Gasteiger partial charge in [0.15, 0.2) is 5.96 Å². The molecule has 1 heterocycles. The Kier molecular flexibility index (Phi) is 7.27. The van der Waals surface area contributed by atoms with Crippen LogP contribution in [0.5, 0.6) is 5.75 Å². The largest absolute Gasteiger partial charge is 0.495 e. The Bertz CT molecular complexity index is 664. The van der Waals surface area contributed by atoms with Gasteiger partial charge in [-0.1, -0.05) is 32.9 Å². The minimum Gasteiger partial charge on any atom is -0.495 e. The lowest BCUT2D eigenvalue weighted by atomic mass is 9.98. The summed E-state index contributed by atoms with van der Waals surface area (Å²) in [5.74, 6) is 1.07. The molecule has 0 amide bonds. The molecule has 0 unspecified atom stereocenters. The number of thiazole rings is 1. The molecule has 0 saturated heterocycles. The molecular weight excluding hydrogens is 423 g/mol. The van der Waals surface area contributed by atoms with E-state index in [4.69, 9.17) is 10.5 Å². The normalized spacial score (nSPS) is 11.7. The fraction of sp³-hybridized carbons (Fsp3) is 0.375. The molecule has 0 fully saturated rings. The molecule has 0 aliphatic rings. The molecular formula is C16H23IN4OS. The first-order valence-electron chi connectivity index (χ1n) is 7.05. The van der Waals surface area contributed by atoms with E-state index < -0.39 is 0 Å². The summed E-state index contributed by atoms with van der Waals surface area (Å²) in [7, 11) is 1.62. The van der Waals surface area contributed by atoms with Crippen LogP contribution in [0, 0.1) is 0 Å². The predicted molar refractivity (Wildman–Crippen MR) is 108 cm³/mol. The number of aliphatic imine (C=N–C) groups is 1. The van der Waals surface area contributed by atoms with Crippen molar-refractivity contribution in [3.8, 4) is 5.75 Å². The number of halogens is 1. The fourth-order valence-corrected chi connectivity index (χ4v) is 2.71. The summed E-state index contributed by atoms with van der Waals surface area (Å²) in [5.41, 5.74) is 7.71. The van der Waals surface area contributed by atoms with Crippen LogP contribution in [0.2, 0.25) is 0 Å². The van der Waals surface area contributed by atoms with Crippen molar-refractivity contribution in [3.63, 3.8) is 0 Å². The van der Waals surface area contributed by atoms with Gasteiger partial charge in [0.1, 0.15) is 5.75 Å². The molecule has 0 bridgehead atoms. The SMILES string of the molecule is COc1ccccc1NC(N)=NCc1csc(C(C)(C)C)n1.I. The van der Waals surface area contributed by atoms with E-state index in [1.54, 1.807) is 18.4 Å². The van der Waals surface area contributed by atoms with Crippen molar-refractivity contribution in [2.24, 2.45) is 10.7 Å². The molecule has 5 nitrogen and oxygen atoms in total. The lowest BCUT2D eigenvalue weighted by molar-refractivity contribution is 0.417. The zero-order valence-corrected chi connectivity index (χ0v) is 16.9. The number of nitrogens with zero attached hydrogens (tertiary/aromatic N) is 2. The number of ether oxygens (including phenoxy) is 1. The van der Waals surface area contributed by atoms with Crippen molar-refractivity contribution < 1.29 is 4.74 Å². The Labute approximate surface area is 158 Å². The summed E-state index contributed by atoms with van der Waals surface area (Å²) in [5, 5.41) is 6.18. The van der Waals surface area contributed by atoms with Crippen LogP contribution in [-0.4, -0.2) is 18.1 Å². The molecule has 0 spiro atoms. The van der Waals surface area contributed by atoms with E-state index in [1.807, 2.05) is 29.6 Å². The highest BCUT2D eigenvalue weighted by Gasteiger charge is 2.17. The number of rotatable bonds is 4. The van der Waals surface area contributed by atoms with Crippen LogP contribution in [0.3, 0.4) is 0 Å². The topological polar surface area (TPSA) is 72.5 Å². The van der Waals surface area contributed by atoms with Gasteiger partial charge in [-0.3, -0.25) is 0 Å². The molecule has 0 atom stereocenters. The standard InChI is InChI=1S/C16H22N4OS.HI/c1-16(2,3)14-19-11(10-22-14)9-18-15(17)20-12-7-5-6-8-13(12)21-4;/h5-8,10H,9H2,1-4H3,(H3,17,18,20);1H. The number of methoxy groups -OCH3 is 1. The minimum absolute atomic E-state index is 0. The first-order chi connectivity index (χ1) is 10.4. The van der Waals surface area contributed by atoms with Crippen LogP contribution < -0.4 is 15.8 Å². The van der Waals surface area contributed by atoms with Gasteiger partial charge in [0.2, 0.25) is 0 Å². The maximum absolute atomic E-state index is 5.93. The van der Waals surface area contributed by atoms with Crippen molar-refractivity contribution in [1.29, 1.82) is 0 Å². The predicted octanol–water partition coefficient (Wildman–Crippen LogP) is 3.99. The number of nitrogens with one attached hydrogen (secondary N) is 1. The van der Waals surface area contributed by atoms with Gasteiger partial charge < -0.3 is 15.8 Å². The number of nitrogens with two attached hydrogens (primary N) is 1. The van der Waals surface area contributed by atoms with Gasteiger partial charge in [-0.05, 0) is 12.1 Å². The third-order valence-corrected chi connectivity index (χ3v) is 4.29. The zero-order valence-electron chi connectivity index (χ0n) is 13.8. The monoisotopic (exact) mass is 446 g/mol. The first-order valence-corrected chi connectivity index (χ1v) is 7.93. The average Bonchev–Trinajstić information content (AvgIpc) is 2.95. The van der Waals surface area contributed by atoms with Crippen LogP contribution in [0.4, 0.5) is 5.69 Å². The Hall–Kier alpha value is -1.35. The second-order valence-corrected chi connectivity index (χ2v) is 6.78. The van der Waals surface area contributed by atoms with E-state index in [0.717, 1.165) is 22.1 Å². The first kappa shape index (κ1) is 19.7. The number of hydrogen-bond acceptors (Lipinski definition) is 4. The highest BCUT2D eigenvalue weighted by molar-refractivity contribution is 14.0. The van der Waals surface area contributed by atoms with Gasteiger partial charge in [0, 0.05) is 10.8 Å². The molecule has 1 aromatic heterocycles. The number of guanidine groups is 1. The van der Waals surface area contributed by atoms with E-state index >= 15 is 0 Å². The summed E-state index contributed by atoms with van der Waals surface area (Å²) in [6, 6.07) is 7.57.